The van der Waals surface area contributed by atoms with Gasteiger partial charge in [-0.05, 0) is 37.5 Å². The zero-order chi connectivity index (χ0) is 17.4. The summed E-state index contributed by atoms with van der Waals surface area (Å²) in [5, 5.41) is 0. The lowest BCUT2D eigenvalue weighted by Crippen LogP contribution is -2.52. The van der Waals surface area contributed by atoms with Gasteiger partial charge in [0.05, 0.1) is 6.26 Å². The number of likely N-dealkylation sites (tertiary alicyclic amines) is 1. The Morgan fingerprint density at radius 2 is 2.12 bits per heavy atom. The van der Waals surface area contributed by atoms with E-state index < -0.39 is 11.6 Å². The fraction of sp³-hybridized carbons (Fsp3) is 0.500. The van der Waals surface area contributed by atoms with Gasteiger partial charge >= 0.3 is 0 Å². The molecule has 0 aliphatic carbocycles. The van der Waals surface area contributed by atoms with Crippen LogP contribution in [0.5, 0.6) is 0 Å². The van der Waals surface area contributed by atoms with E-state index in [1.807, 2.05) is 11.8 Å². The first-order valence-corrected chi connectivity index (χ1v) is 8.58. The zero-order valence-corrected chi connectivity index (χ0v) is 14.2. The molecule has 25 heavy (non-hydrogen) atoms. The highest BCUT2D eigenvalue weighted by atomic mass is 19.1. The average Bonchev–Trinajstić information content (AvgIpc) is 3.29. The van der Waals surface area contributed by atoms with Crippen LogP contribution in [0.2, 0.25) is 0 Å². The first-order chi connectivity index (χ1) is 12.1. The van der Waals surface area contributed by atoms with Gasteiger partial charge in [-0.1, -0.05) is 0 Å². The van der Waals surface area contributed by atoms with Crippen molar-refractivity contribution in [2.75, 3.05) is 31.1 Å². The number of carbonyl (C=O) groups excluding carboxylic acids is 1. The number of hydrogen-bond acceptors (Lipinski definition) is 5. The summed E-state index contributed by atoms with van der Waals surface area (Å²) in [7, 11) is 0. The van der Waals surface area contributed by atoms with Gasteiger partial charge in [0, 0.05) is 44.0 Å². The predicted molar refractivity (Wildman–Crippen MR) is 90.2 cm³/mol. The Bertz CT molecular complexity index is 749. The molecular weight excluding hydrogens is 323 g/mol. The minimum absolute atomic E-state index is 0.169. The summed E-state index contributed by atoms with van der Waals surface area (Å²) in [6.07, 6.45) is 5.18. The van der Waals surface area contributed by atoms with E-state index in [9.17, 15) is 9.18 Å². The number of nitrogens with zero attached hydrogens (tertiary/aromatic N) is 4. The maximum Gasteiger partial charge on any atom is 0.289 e. The number of aryl methyl sites for hydroxylation is 1. The van der Waals surface area contributed by atoms with Gasteiger partial charge in [-0.3, -0.25) is 4.79 Å². The Hall–Kier alpha value is -2.44. The highest BCUT2D eigenvalue weighted by Gasteiger charge is 2.50. The Morgan fingerprint density at radius 1 is 1.32 bits per heavy atom. The van der Waals surface area contributed by atoms with Gasteiger partial charge in [0.1, 0.15) is 6.17 Å². The molecule has 2 aromatic heterocycles. The van der Waals surface area contributed by atoms with Crippen LogP contribution in [0.15, 0.2) is 35.2 Å². The molecule has 2 aliphatic rings. The Morgan fingerprint density at radius 3 is 2.84 bits per heavy atom. The molecule has 132 valence electrons. The second kappa shape index (κ2) is 6.13. The average molecular weight is 344 g/mol. The lowest BCUT2D eigenvalue weighted by Gasteiger charge is -2.42. The molecule has 2 saturated heterocycles. The molecule has 4 rings (SSSR count). The summed E-state index contributed by atoms with van der Waals surface area (Å²) < 4.78 is 20.0. The molecule has 2 atom stereocenters. The van der Waals surface area contributed by atoms with Crippen molar-refractivity contribution >= 4 is 11.9 Å². The first kappa shape index (κ1) is 16.1. The SMILES string of the molecule is Cc1cnc(N2CC[C@H](F)[C@]3(CCN(C(=O)c4ccco4)C3)C2)nc1. The van der Waals surface area contributed by atoms with Crippen molar-refractivity contribution in [3.8, 4) is 0 Å². The Kier molecular flexibility index (Phi) is 3.94. The number of furan rings is 1. The quantitative estimate of drug-likeness (QED) is 0.837. The lowest BCUT2D eigenvalue weighted by molar-refractivity contribution is 0.0644. The Labute approximate surface area is 145 Å². The summed E-state index contributed by atoms with van der Waals surface area (Å²) in [4.78, 5) is 25.0. The van der Waals surface area contributed by atoms with Crippen LogP contribution in [0.1, 0.15) is 29.0 Å². The van der Waals surface area contributed by atoms with Crippen molar-refractivity contribution in [3.63, 3.8) is 0 Å². The summed E-state index contributed by atoms with van der Waals surface area (Å²) in [6, 6.07) is 3.33. The molecule has 6 nitrogen and oxygen atoms in total. The van der Waals surface area contributed by atoms with Crippen molar-refractivity contribution in [3.05, 3.63) is 42.1 Å². The topological polar surface area (TPSA) is 62.5 Å². The van der Waals surface area contributed by atoms with Crippen LogP contribution in [0.3, 0.4) is 0 Å². The highest BCUT2D eigenvalue weighted by molar-refractivity contribution is 5.91. The van der Waals surface area contributed by atoms with Crippen molar-refractivity contribution in [1.82, 2.24) is 14.9 Å². The fourth-order valence-corrected chi connectivity index (χ4v) is 3.86. The number of carbonyl (C=O) groups is 1. The summed E-state index contributed by atoms with van der Waals surface area (Å²) in [5.74, 6) is 0.771. The number of rotatable bonds is 2. The van der Waals surface area contributed by atoms with Gasteiger partial charge in [0.25, 0.3) is 5.91 Å². The van der Waals surface area contributed by atoms with Gasteiger partial charge in [-0.2, -0.15) is 0 Å². The van der Waals surface area contributed by atoms with Crippen LogP contribution in [0.25, 0.3) is 0 Å². The number of aromatic nitrogens is 2. The normalized spacial score (nSPS) is 26.4. The van der Waals surface area contributed by atoms with Crippen molar-refractivity contribution in [1.29, 1.82) is 0 Å². The van der Waals surface area contributed by atoms with E-state index in [1.54, 1.807) is 29.4 Å². The predicted octanol–water partition coefficient (Wildman–Crippen LogP) is 2.46. The number of piperidine rings is 1. The number of halogens is 1. The van der Waals surface area contributed by atoms with Crippen LogP contribution in [0, 0.1) is 12.3 Å². The standard InChI is InChI=1S/C18H21FN4O2/c1-13-9-20-17(21-10-13)23-6-4-15(19)18(12-23)5-7-22(11-18)16(24)14-3-2-8-25-14/h2-3,8-10,15H,4-7,11-12H2,1H3/t15-,18-/m0/s1. The molecular formula is C18H21FN4O2. The Balaban J connectivity index is 1.52. The van der Waals surface area contributed by atoms with Gasteiger partial charge in [0.15, 0.2) is 5.76 Å². The van der Waals surface area contributed by atoms with Crippen molar-refractivity contribution in [2.45, 2.75) is 25.9 Å². The third-order valence-electron chi connectivity index (χ3n) is 5.28. The number of hydrogen-bond donors (Lipinski definition) is 0. The van der Waals surface area contributed by atoms with Gasteiger partial charge in [0.2, 0.25) is 5.95 Å². The zero-order valence-electron chi connectivity index (χ0n) is 14.2. The molecule has 2 fully saturated rings. The number of anilines is 1. The van der Waals surface area contributed by atoms with Crippen molar-refractivity contribution in [2.24, 2.45) is 5.41 Å². The summed E-state index contributed by atoms with van der Waals surface area (Å²) in [6.45, 7) is 4.00. The maximum absolute atomic E-state index is 14.8. The maximum atomic E-state index is 14.8. The second-order valence-electron chi connectivity index (χ2n) is 7.05. The van der Waals surface area contributed by atoms with Gasteiger partial charge in [-0.25, -0.2) is 14.4 Å². The van der Waals surface area contributed by atoms with Gasteiger partial charge < -0.3 is 14.2 Å². The third kappa shape index (κ3) is 2.88. The molecule has 1 spiro atoms. The van der Waals surface area contributed by atoms with E-state index in [-0.39, 0.29) is 5.91 Å². The molecule has 0 unspecified atom stereocenters. The number of amides is 1. The third-order valence-corrected chi connectivity index (χ3v) is 5.28. The van der Waals surface area contributed by atoms with E-state index in [2.05, 4.69) is 9.97 Å². The molecule has 0 N–H and O–H groups in total. The minimum atomic E-state index is -0.927. The lowest BCUT2D eigenvalue weighted by atomic mass is 9.77. The molecule has 2 aliphatic heterocycles. The molecule has 0 radical (unpaired) electrons. The molecule has 1 amide bonds. The minimum Gasteiger partial charge on any atom is -0.459 e. The molecule has 7 heteroatoms. The summed E-state index contributed by atoms with van der Waals surface area (Å²) >= 11 is 0. The number of alkyl halides is 1. The fourth-order valence-electron chi connectivity index (χ4n) is 3.86. The van der Waals surface area contributed by atoms with E-state index in [4.69, 9.17) is 4.42 Å². The largest absolute Gasteiger partial charge is 0.459 e. The molecule has 0 bridgehead atoms. The van der Waals surface area contributed by atoms with E-state index >= 15 is 0 Å². The molecule has 2 aromatic rings. The molecule has 0 aromatic carbocycles. The van der Waals surface area contributed by atoms with Crippen LogP contribution >= 0.6 is 0 Å². The van der Waals surface area contributed by atoms with Crippen LogP contribution in [-0.2, 0) is 0 Å². The summed E-state index contributed by atoms with van der Waals surface area (Å²) in [5.41, 5.74) is 0.435. The smallest absolute Gasteiger partial charge is 0.289 e. The van der Waals surface area contributed by atoms with E-state index in [0.717, 1.165) is 5.56 Å². The van der Waals surface area contributed by atoms with Gasteiger partial charge in [-0.15, -0.1) is 0 Å². The second-order valence-corrected chi connectivity index (χ2v) is 7.05. The van der Waals surface area contributed by atoms with Crippen LogP contribution < -0.4 is 4.90 Å². The van der Waals surface area contributed by atoms with E-state index in [1.165, 1.54) is 6.26 Å². The molecule has 4 heterocycles. The van der Waals surface area contributed by atoms with Crippen molar-refractivity contribution < 1.29 is 13.6 Å². The molecule has 0 saturated carbocycles. The monoisotopic (exact) mass is 344 g/mol. The van der Waals surface area contributed by atoms with E-state index in [0.29, 0.717) is 50.7 Å². The van der Waals surface area contributed by atoms with Crippen LogP contribution in [-0.4, -0.2) is 53.1 Å². The highest BCUT2D eigenvalue weighted by Crippen LogP contribution is 2.42. The first-order valence-electron chi connectivity index (χ1n) is 8.58. The van der Waals surface area contributed by atoms with Crippen LogP contribution in [0.4, 0.5) is 10.3 Å².